The second kappa shape index (κ2) is 14.5. The van der Waals surface area contributed by atoms with E-state index in [0.717, 1.165) is 34.6 Å². The van der Waals surface area contributed by atoms with E-state index < -0.39 is 0 Å². The van der Waals surface area contributed by atoms with E-state index in [9.17, 15) is 9.59 Å². The van der Waals surface area contributed by atoms with E-state index in [1.54, 1.807) is 21.8 Å². The molecule has 6 rings (SSSR count). The summed E-state index contributed by atoms with van der Waals surface area (Å²) >= 11 is 0. The molecule has 0 radical (unpaired) electrons. The predicted molar refractivity (Wildman–Crippen MR) is 186 cm³/mol. The summed E-state index contributed by atoms with van der Waals surface area (Å²) in [5, 5.41) is 14.6. The Kier molecular flexibility index (Phi) is 10.4. The van der Waals surface area contributed by atoms with Gasteiger partial charge >= 0.3 is 0 Å². The number of rotatable bonds is 11. The standard InChI is InChI=1S/C20H27N3O.C18H23N3O/c1-5-8-14-11-16(14)15-9-6-7-10-18(15)22-20(24)17-12-21-23(4)19(17)13(2)3;1-4-7-13-10-15(13)14-8-5-6-9-17(14)20-18(22)16-11-19-21(3)12(16)2/h6-7,9-10,12-14,16H,5,8,11H2,1-4H3,(H,22,24);5-6,8-9,11,13,15H,4,7,10H2,1-3H3,(H,20,22). The van der Waals surface area contributed by atoms with Crippen molar-refractivity contribution >= 4 is 23.2 Å². The molecule has 2 aliphatic rings. The third-order valence-electron chi connectivity index (χ3n) is 9.64. The van der Waals surface area contributed by atoms with Gasteiger partial charge in [-0.15, -0.1) is 0 Å². The Balaban J connectivity index is 0.000000182. The minimum Gasteiger partial charge on any atom is -0.322 e. The van der Waals surface area contributed by atoms with Gasteiger partial charge in [0.05, 0.1) is 29.2 Å². The second-order valence-electron chi connectivity index (χ2n) is 13.4. The maximum Gasteiger partial charge on any atom is 0.259 e. The van der Waals surface area contributed by atoms with Crippen LogP contribution in [0.15, 0.2) is 60.9 Å². The quantitative estimate of drug-likeness (QED) is 0.175. The van der Waals surface area contributed by atoms with Crippen LogP contribution < -0.4 is 10.6 Å². The molecule has 8 nitrogen and oxygen atoms in total. The molecule has 4 unspecified atom stereocenters. The molecule has 2 aromatic heterocycles. The summed E-state index contributed by atoms with van der Waals surface area (Å²) in [6, 6.07) is 16.4. The van der Waals surface area contributed by atoms with E-state index >= 15 is 0 Å². The van der Waals surface area contributed by atoms with Crippen LogP contribution in [0.2, 0.25) is 0 Å². The van der Waals surface area contributed by atoms with Crippen LogP contribution in [0.4, 0.5) is 11.4 Å². The van der Waals surface area contributed by atoms with Gasteiger partial charge < -0.3 is 10.6 Å². The average Bonchev–Trinajstić information content (AvgIpc) is 3.91. The first-order chi connectivity index (χ1) is 22.1. The lowest BCUT2D eigenvalue weighted by Gasteiger charge is -2.13. The third kappa shape index (κ3) is 7.43. The van der Waals surface area contributed by atoms with Crippen LogP contribution in [0.3, 0.4) is 0 Å². The Morgan fingerprint density at radius 2 is 1.22 bits per heavy atom. The van der Waals surface area contributed by atoms with Gasteiger partial charge in [0.15, 0.2) is 0 Å². The van der Waals surface area contributed by atoms with Gasteiger partial charge in [-0.2, -0.15) is 10.2 Å². The summed E-state index contributed by atoms with van der Waals surface area (Å²) in [6.07, 6.45) is 10.8. The molecular formula is C38H50N6O2. The number of nitrogens with zero attached hydrogens (tertiary/aromatic N) is 4. The number of nitrogens with one attached hydrogen (secondary N) is 2. The highest BCUT2D eigenvalue weighted by atomic mass is 16.2. The molecule has 8 heteroatoms. The fourth-order valence-corrected chi connectivity index (χ4v) is 6.91. The minimum absolute atomic E-state index is 0.0630. The largest absolute Gasteiger partial charge is 0.322 e. The Labute approximate surface area is 274 Å². The highest BCUT2D eigenvalue weighted by Gasteiger charge is 2.39. The number of anilines is 2. The van der Waals surface area contributed by atoms with E-state index in [2.05, 4.69) is 72.8 Å². The third-order valence-corrected chi connectivity index (χ3v) is 9.64. The molecule has 0 aliphatic heterocycles. The van der Waals surface area contributed by atoms with Crippen LogP contribution in [-0.2, 0) is 14.1 Å². The molecule has 2 fully saturated rings. The van der Waals surface area contributed by atoms with Crippen LogP contribution >= 0.6 is 0 Å². The van der Waals surface area contributed by atoms with Gasteiger partial charge in [0.2, 0.25) is 0 Å². The number of hydrogen-bond acceptors (Lipinski definition) is 4. The topological polar surface area (TPSA) is 93.8 Å². The number of aryl methyl sites for hydroxylation is 2. The van der Waals surface area contributed by atoms with Crippen molar-refractivity contribution in [2.75, 3.05) is 10.6 Å². The van der Waals surface area contributed by atoms with Crippen molar-refractivity contribution in [2.45, 2.75) is 90.9 Å². The second-order valence-corrected chi connectivity index (χ2v) is 13.4. The molecule has 0 bridgehead atoms. The van der Waals surface area contributed by atoms with Crippen molar-refractivity contribution in [3.05, 3.63) is 94.6 Å². The summed E-state index contributed by atoms with van der Waals surface area (Å²) in [7, 11) is 3.74. The van der Waals surface area contributed by atoms with Gasteiger partial charge in [-0.25, -0.2) is 0 Å². The van der Waals surface area contributed by atoms with E-state index in [0.29, 0.717) is 23.0 Å². The van der Waals surface area contributed by atoms with Gasteiger partial charge in [0.1, 0.15) is 0 Å². The van der Waals surface area contributed by atoms with Crippen LogP contribution in [0.1, 0.15) is 127 Å². The van der Waals surface area contributed by atoms with Crippen molar-refractivity contribution in [2.24, 2.45) is 25.9 Å². The van der Waals surface area contributed by atoms with Crippen molar-refractivity contribution in [1.29, 1.82) is 0 Å². The molecule has 2 saturated carbocycles. The highest BCUT2D eigenvalue weighted by molar-refractivity contribution is 6.06. The summed E-state index contributed by atoms with van der Waals surface area (Å²) in [5.74, 6) is 2.87. The summed E-state index contributed by atoms with van der Waals surface area (Å²) in [4.78, 5) is 25.3. The Hall–Kier alpha value is -4.20. The minimum atomic E-state index is -0.0780. The van der Waals surface area contributed by atoms with Crippen molar-refractivity contribution in [3.63, 3.8) is 0 Å². The first-order valence-electron chi connectivity index (χ1n) is 16.9. The van der Waals surface area contributed by atoms with Crippen LogP contribution in [-0.4, -0.2) is 31.4 Å². The zero-order chi connectivity index (χ0) is 33.0. The van der Waals surface area contributed by atoms with E-state index in [-0.39, 0.29) is 17.7 Å². The molecular weight excluding hydrogens is 572 g/mol. The Morgan fingerprint density at radius 1 is 0.761 bits per heavy atom. The molecule has 2 aliphatic carbocycles. The lowest BCUT2D eigenvalue weighted by molar-refractivity contribution is 0.101. The van der Waals surface area contributed by atoms with Gasteiger partial charge in [-0.3, -0.25) is 19.0 Å². The molecule has 0 saturated heterocycles. The number of carbonyl (C=O) groups excluding carboxylic acids is 2. The number of hydrogen-bond donors (Lipinski definition) is 2. The van der Waals surface area contributed by atoms with Gasteiger partial charge in [0.25, 0.3) is 11.8 Å². The fraction of sp³-hybridized carbons (Fsp3) is 0.474. The maximum atomic E-state index is 12.8. The lowest BCUT2D eigenvalue weighted by atomic mass is 10.0. The molecule has 46 heavy (non-hydrogen) atoms. The molecule has 4 atom stereocenters. The summed E-state index contributed by atoms with van der Waals surface area (Å²) in [6.45, 7) is 10.5. The predicted octanol–water partition coefficient (Wildman–Crippen LogP) is 8.58. The number of carbonyl (C=O) groups is 2. The zero-order valence-corrected chi connectivity index (χ0v) is 28.5. The normalized spacial score (nSPS) is 19.7. The number of benzene rings is 2. The van der Waals surface area contributed by atoms with E-state index in [1.165, 1.54) is 49.7 Å². The van der Waals surface area contributed by atoms with Crippen molar-refractivity contribution < 1.29 is 9.59 Å². The number of amides is 2. The van der Waals surface area contributed by atoms with Crippen LogP contribution in [0.25, 0.3) is 0 Å². The molecule has 2 N–H and O–H groups in total. The summed E-state index contributed by atoms with van der Waals surface area (Å²) in [5.41, 5.74) is 7.60. The maximum absolute atomic E-state index is 12.8. The fourth-order valence-electron chi connectivity index (χ4n) is 6.91. The van der Waals surface area contributed by atoms with Crippen molar-refractivity contribution in [3.8, 4) is 0 Å². The van der Waals surface area contributed by atoms with Gasteiger partial charge in [0, 0.05) is 31.2 Å². The number of aromatic nitrogens is 4. The van der Waals surface area contributed by atoms with Crippen LogP contribution in [0.5, 0.6) is 0 Å². The van der Waals surface area contributed by atoms with Gasteiger partial charge in [-0.1, -0.05) is 89.8 Å². The zero-order valence-electron chi connectivity index (χ0n) is 28.5. The number of para-hydroxylation sites is 2. The monoisotopic (exact) mass is 622 g/mol. The first-order valence-corrected chi connectivity index (χ1v) is 16.9. The lowest BCUT2D eigenvalue weighted by Crippen LogP contribution is -2.16. The van der Waals surface area contributed by atoms with E-state index in [1.807, 2.05) is 45.3 Å². The smallest absolute Gasteiger partial charge is 0.259 e. The summed E-state index contributed by atoms with van der Waals surface area (Å²) < 4.78 is 3.52. The van der Waals surface area contributed by atoms with E-state index in [4.69, 9.17) is 0 Å². The average molecular weight is 623 g/mol. The van der Waals surface area contributed by atoms with Gasteiger partial charge in [-0.05, 0) is 72.6 Å². The molecule has 2 heterocycles. The molecule has 4 aromatic rings. The SMILES string of the molecule is CCCC1CC1c1ccccc1NC(=O)c1cnn(C)c1C.CCCC1CC1c1ccccc1NC(=O)c1cnn(C)c1C(C)C. The molecule has 0 spiro atoms. The highest BCUT2D eigenvalue weighted by Crippen LogP contribution is 2.53. The molecule has 2 amide bonds. The van der Waals surface area contributed by atoms with Crippen molar-refractivity contribution in [1.82, 2.24) is 19.6 Å². The molecule has 244 valence electrons. The van der Waals surface area contributed by atoms with Crippen LogP contribution in [0, 0.1) is 18.8 Å². The Bertz CT molecular complexity index is 1670. The molecule has 2 aromatic carbocycles. The first kappa shape index (κ1) is 33.2. The Morgan fingerprint density at radius 3 is 1.67 bits per heavy atom.